The Kier molecular flexibility index (Phi) is 2.73. The van der Waals surface area contributed by atoms with Crippen molar-refractivity contribution in [2.45, 2.75) is 18.9 Å². The number of carbonyl (C=O) groups is 1. The summed E-state index contributed by atoms with van der Waals surface area (Å²) < 4.78 is 0. The number of amides is 1. The van der Waals surface area contributed by atoms with Gasteiger partial charge in [0.15, 0.2) is 0 Å². The lowest BCUT2D eigenvalue weighted by molar-refractivity contribution is 0.0909. The lowest BCUT2D eigenvalue weighted by Gasteiger charge is -2.30. The zero-order chi connectivity index (χ0) is 13.5. The van der Waals surface area contributed by atoms with Gasteiger partial charge in [-0.1, -0.05) is 0 Å². The summed E-state index contributed by atoms with van der Waals surface area (Å²) >= 11 is 0. The molecule has 104 valence electrons. The van der Waals surface area contributed by atoms with Gasteiger partial charge in [-0.2, -0.15) is 5.10 Å². The molecule has 1 aromatic carbocycles. The first kappa shape index (κ1) is 11.9. The SMILES string of the molecule is O=C(NC1CC2CCN(C2)C1)c1ccc2[nH]ncc2c1. The molecule has 5 heteroatoms. The van der Waals surface area contributed by atoms with Crippen molar-refractivity contribution < 1.29 is 4.79 Å². The number of aromatic amines is 1. The van der Waals surface area contributed by atoms with Crippen molar-refractivity contribution in [2.24, 2.45) is 5.92 Å². The normalized spacial score (nSPS) is 28.7. The third kappa shape index (κ3) is 2.08. The average Bonchev–Trinajstić information content (AvgIpc) is 3.04. The lowest BCUT2D eigenvalue weighted by Crippen LogP contribution is -2.47. The van der Waals surface area contributed by atoms with E-state index >= 15 is 0 Å². The Balaban J connectivity index is 1.49. The summed E-state index contributed by atoms with van der Waals surface area (Å²) in [7, 11) is 0. The van der Waals surface area contributed by atoms with E-state index in [0.29, 0.717) is 11.6 Å². The number of benzene rings is 1. The minimum Gasteiger partial charge on any atom is -0.348 e. The fraction of sp³-hybridized carbons (Fsp3) is 0.467. The largest absolute Gasteiger partial charge is 0.348 e. The molecular formula is C15H18N4O. The van der Waals surface area contributed by atoms with Gasteiger partial charge < -0.3 is 10.2 Å². The highest BCUT2D eigenvalue weighted by Crippen LogP contribution is 2.26. The van der Waals surface area contributed by atoms with Gasteiger partial charge in [0.25, 0.3) is 5.91 Å². The molecule has 2 fully saturated rings. The molecule has 0 saturated carbocycles. The van der Waals surface area contributed by atoms with E-state index in [4.69, 9.17) is 0 Å². The molecule has 4 rings (SSSR count). The fourth-order valence-corrected chi connectivity index (χ4v) is 3.52. The predicted molar refractivity (Wildman–Crippen MR) is 76.5 cm³/mol. The average molecular weight is 270 g/mol. The molecule has 20 heavy (non-hydrogen) atoms. The van der Waals surface area contributed by atoms with Crippen LogP contribution in [0.5, 0.6) is 0 Å². The molecule has 0 spiro atoms. The smallest absolute Gasteiger partial charge is 0.251 e. The highest BCUT2D eigenvalue weighted by atomic mass is 16.1. The maximum atomic E-state index is 12.4. The van der Waals surface area contributed by atoms with Crippen molar-refractivity contribution in [1.82, 2.24) is 20.4 Å². The molecule has 2 aromatic rings. The van der Waals surface area contributed by atoms with Crippen LogP contribution in [-0.4, -0.2) is 46.7 Å². The molecule has 3 heterocycles. The van der Waals surface area contributed by atoms with Crippen molar-refractivity contribution in [2.75, 3.05) is 19.6 Å². The van der Waals surface area contributed by atoms with E-state index < -0.39 is 0 Å². The van der Waals surface area contributed by atoms with E-state index in [1.807, 2.05) is 18.2 Å². The maximum Gasteiger partial charge on any atom is 0.251 e. The summed E-state index contributed by atoms with van der Waals surface area (Å²) in [5, 5.41) is 11.0. The number of aromatic nitrogens is 2. The first-order valence-corrected chi connectivity index (χ1v) is 7.24. The Morgan fingerprint density at radius 2 is 2.35 bits per heavy atom. The van der Waals surface area contributed by atoms with Gasteiger partial charge >= 0.3 is 0 Å². The molecule has 3 unspecified atom stereocenters. The Hall–Kier alpha value is -1.88. The summed E-state index contributed by atoms with van der Waals surface area (Å²) in [6.07, 6.45) is 4.15. The molecule has 0 aliphatic carbocycles. The second-order valence-corrected chi connectivity index (χ2v) is 5.99. The van der Waals surface area contributed by atoms with Crippen LogP contribution in [0, 0.1) is 5.92 Å². The molecule has 2 bridgehead atoms. The Morgan fingerprint density at radius 1 is 1.40 bits per heavy atom. The van der Waals surface area contributed by atoms with Crippen LogP contribution >= 0.6 is 0 Å². The van der Waals surface area contributed by atoms with Crippen molar-refractivity contribution in [1.29, 1.82) is 0 Å². The predicted octanol–water partition coefficient (Wildman–Crippen LogP) is 1.39. The molecule has 1 aromatic heterocycles. The number of nitrogens with zero attached hydrogens (tertiary/aromatic N) is 2. The van der Waals surface area contributed by atoms with Crippen LogP contribution in [0.2, 0.25) is 0 Å². The van der Waals surface area contributed by atoms with E-state index in [-0.39, 0.29) is 5.91 Å². The summed E-state index contributed by atoms with van der Waals surface area (Å²) in [4.78, 5) is 14.8. The van der Waals surface area contributed by atoms with E-state index in [9.17, 15) is 4.79 Å². The standard InChI is InChI=1S/C15H18N4O/c20-15(11-1-2-14-12(6-11)7-16-18-14)17-13-5-10-3-4-19(8-10)9-13/h1-2,6-7,10,13H,3-5,8-9H2,(H,16,18)(H,17,20). The lowest BCUT2D eigenvalue weighted by atomic mass is 9.96. The monoisotopic (exact) mass is 270 g/mol. The van der Waals surface area contributed by atoms with Gasteiger partial charge in [0.1, 0.15) is 0 Å². The molecular weight excluding hydrogens is 252 g/mol. The molecule has 2 aliphatic rings. The van der Waals surface area contributed by atoms with E-state index in [1.54, 1.807) is 6.20 Å². The van der Waals surface area contributed by atoms with Crippen LogP contribution in [0.15, 0.2) is 24.4 Å². The summed E-state index contributed by atoms with van der Waals surface area (Å²) in [5.41, 5.74) is 1.68. The molecule has 5 nitrogen and oxygen atoms in total. The van der Waals surface area contributed by atoms with Gasteiger partial charge in [0, 0.05) is 30.1 Å². The van der Waals surface area contributed by atoms with Gasteiger partial charge in [-0.15, -0.1) is 0 Å². The first-order chi connectivity index (χ1) is 9.78. The molecule has 2 aliphatic heterocycles. The van der Waals surface area contributed by atoms with Crippen molar-refractivity contribution >= 4 is 16.8 Å². The molecule has 2 saturated heterocycles. The van der Waals surface area contributed by atoms with Crippen LogP contribution < -0.4 is 5.32 Å². The van der Waals surface area contributed by atoms with Crippen LogP contribution in [0.3, 0.4) is 0 Å². The summed E-state index contributed by atoms with van der Waals surface area (Å²) in [6.45, 7) is 3.40. The second-order valence-electron chi connectivity index (χ2n) is 5.99. The summed E-state index contributed by atoms with van der Waals surface area (Å²) in [6, 6.07) is 5.95. The van der Waals surface area contributed by atoms with E-state index in [2.05, 4.69) is 20.4 Å². The second kappa shape index (κ2) is 4.59. The van der Waals surface area contributed by atoms with E-state index in [1.165, 1.54) is 19.5 Å². The third-order valence-corrected chi connectivity index (χ3v) is 4.50. The number of piperidine rings is 1. The fourth-order valence-electron chi connectivity index (χ4n) is 3.52. The van der Waals surface area contributed by atoms with Gasteiger partial charge in [0.05, 0.1) is 11.7 Å². The Morgan fingerprint density at radius 3 is 3.25 bits per heavy atom. The van der Waals surface area contributed by atoms with Gasteiger partial charge in [0.2, 0.25) is 0 Å². The number of hydrogen-bond acceptors (Lipinski definition) is 3. The first-order valence-electron chi connectivity index (χ1n) is 7.24. The van der Waals surface area contributed by atoms with Crippen molar-refractivity contribution in [3.8, 4) is 0 Å². The Bertz CT molecular complexity index is 638. The minimum absolute atomic E-state index is 0.0283. The topological polar surface area (TPSA) is 61.0 Å². The third-order valence-electron chi connectivity index (χ3n) is 4.50. The van der Waals surface area contributed by atoms with Crippen LogP contribution in [0.1, 0.15) is 23.2 Å². The van der Waals surface area contributed by atoms with Crippen LogP contribution in [0.4, 0.5) is 0 Å². The number of rotatable bonds is 2. The number of H-pyrrole nitrogens is 1. The number of nitrogens with one attached hydrogen (secondary N) is 2. The zero-order valence-electron chi connectivity index (χ0n) is 11.3. The molecule has 2 N–H and O–H groups in total. The quantitative estimate of drug-likeness (QED) is 0.867. The van der Waals surface area contributed by atoms with Gasteiger partial charge in [-0.3, -0.25) is 9.89 Å². The molecule has 1 amide bonds. The summed E-state index contributed by atoms with van der Waals surface area (Å²) in [5.74, 6) is 0.797. The number of hydrogen-bond donors (Lipinski definition) is 2. The van der Waals surface area contributed by atoms with Gasteiger partial charge in [-0.25, -0.2) is 0 Å². The number of fused-ring (bicyclic) bond motifs is 3. The van der Waals surface area contributed by atoms with Crippen LogP contribution in [0.25, 0.3) is 10.9 Å². The Labute approximate surface area is 117 Å². The molecule has 0 radical (unpaired) electrons. The maximum absolute atomic E-state index is 12.4. The minimum atomic E-state index is 0.0283. The van der Waals surface area contributed by atoms with E-state index in [0.717, 1.165) is 29.8 Å². The zero-order valence-corrected chi connectivity index (χ0v) is 11.3. The van der Waals surface area contributed by atoms with Gasteiger partial charge in [-0.05, 0) is 43.5 Å². The highest BCUT2D eigenvalue weighted by Gasteiger charge is 2.32. The van der Waals surface area contributed by atoms with Crippen molar-refractivity contribution in [3.05, 3.63) is 30.0 Å². The highest BCUT2D eigenvalue weighted by molar-refractivity contribution is 5.98. The van der Waals surface area contributed by atoms with Crippen LogP contribution in [-0.2, 0) is 0 Å². The molecule has 3 atom stereocenters. The van der Waals surface area contributed by atoms with Crippen molar-refractivity contribution in [3.63, 3.8) is 0 Å². The number of carbonyl (C=O) groups excluding carboxylic acids is 1.